The Labute approximate surface area is 118 Å². The average Bonchev–Trinajstić information content (AvgIpc) is 2.76. The van der Waals surface area contributed by atoms with E-state index in [1.54, 1.807) is 0 Å². The zero-order chi connectivity index (χ0) is 15.6. The van der Waals surface area contributed by atoms with Gasteiger partial charge in [-0.2, -0.15) is 13.2 Å². The second kappa shape index (κ2) is 6.30. The minimum absolute atomic E-state index is 0.0704. The second-order valence-electron chi connectivity index (χ2n) is 6.09. The fourth-order valence-electron chi connectivity index (χ4n) is 2.38. The van der Waals surface area contributed by atoms with Gasteiger partial charge in [0.15, 0.2) is 5.41 Å². The predicted octanol–water partition coefficient (Wildman–Crippen LogP) is 1.23. The summed E-state index contributed by atoms with van der Waals surface area (Å²) in [6, 6.07) is -0.294. The number of amides is 1. The lowest BCUT2D eigenvalue weighted by molar-refractivity contribution is -0.216. The van der Waals surface area contributed by atoms with Gasteiger partial charge in [-0.3, -0.25) is 4.79 Å². The lowest BCUT2D eigenvalue weighted by Gasteiger charge is -2.33. The maximum atomic E-state index is 13.3. The number of nitrogens with zero attached hydrogens (tertiary/aromatic N) is 1. The summed E-state index contributed by atoms with van der Waals surface area (Å²) < 4.78 is 39.8. The van der Waals surface area contributed by atoms with Crippen molar-refractivity contribution >= 4 is 5.91 Å². The highest BCUT2D eigenvalue weighted by molar-refractivity contribution is 5.84. The van der Waals surface area contributed by atoms with Crippen LogP contribution in [0.2, 0.25) is 0 Å². The summed E-state index contributed by atoms with van der Waals surface area (Å²) >= 11 is 0. The molecule has 0 aromatic heterocycles. The van der Waals surface area contributed by atoms with Gasteiger partial charge < -0.3 is 15.5 Å². The monoisotopic (exact) mass is 295 g/mol. The van der Waals surface area contributed by atoms with Gasteiger partial charge in [-0.25, -0.2) is 0 Å². The lowest BCUT2D eigenvalue weighted by Crippen LogP contribution is -2.56. The number of hydrogen-bond acceptors (Lipinski definition) is 3. The largest absolute Gasteiger partial charge is 0.404 e. The van der Waals surface area contributed by atoms with Crippen LogP contribution in [0.25, 0.3) is 0 Å². The maximum absolute atomic E-state index is 13.3. The number of hydrogen-bond donors (Lipinski definition) is 2. The third-order valence-corrected chi connectivity index (χ3v) is 3.82. The zero-order valence-corrected chi connectivity index (χ0v) is 12.5. The first-order valence-electron chi connectivity index (χ1n) is 6.83. The quantitative estimate of drug-likeness (QED) is 0.802. The number of nitrogens with one attached hydrogen (secondary N) is 2. The van der Waals surface area contributed by atoms with E-state index in [-0.39, 0.29) is 31.5 Å². The van der Waals surface area contributed by atoms with Gasteiger partial charge >= 0.3 is 6.18 Å². The lowest BCUT2D eigenvalue weighted by atomic mass is 9.84. The number of halogens is 3. The van der Waals surface area contributed by atoms with Crippen molar-refractivity contribution < 1.29 is 18.0 Å². The summed E-state index contributed by atoms with van der Waals surface area (Å²) in [6.45, 7) is 4.18. The van der Waals surface area contributed by atoms with Gasteiger partial charge in [0.25, 0.3) is 0 Å². The molecule has 20 heavy (non-hydrogen) atoms. The third kappa shape index (κ3) is 3.63. The Morgan fingerprint density at radius 1 is 1.40 bits per heavy atom. The molecule has 0 aromatic rings. The first-order valence-corrected chi connectivity index (χ1v) is 6.83. The van der Waals surface area contributed by atoms with E-state index in [0.717, 1.165) is 0 Å². The number of rotatable bonds is 5. The molecule has 0 aromatic carbocycles. The third-order valence-electron chi connectivity index (χ3n) is 3.82. The Bertz CT molecular complexity index is 336. The Morgan fingerprint density at radius 3 is 2.35 bits per heavy atom. The van der Waals surface area contributed by atoms with Crippen LogP contribution in [0.15, 0.2) is 0 Å². The van der Waals surface area contributed by atoms with Crippen molar-refractivity contribution in [3.63, 3.8) is 0 Å². The molecule has 1 fully saturated rings. The normalized spacial score (nSPS) is 25.2. The van der Waals surface area contributed by atoms with Crippen LogP contribution >= 0.6 is 0 Å². The van der Waals surface area contributed by atoms with E-state index < -0.39 is 17.5 Å². The Kier molecular flexibility index (Phi) is 5.43. The molecule has 1 heterocycles. The van der Waals surface area contributed by atoms with Crippen LogP contribution in [0.1, 0.15) is 20.3 Å². The molecule has 1 aliphatic rings. The summed E-state index contributed by atoms with van der Waals surface area (Å²) in [6.07, 6.45) is -4.73. The van der Waals surface area contributed by atoms with Crippen molar-refractivity contribution in [3.05, 3.63) is 0 Å². The number of likely N-dealkylation sites (N-methyl/N-ethyl adjacent to an activating group) is 1. The first-order chi connectivity index (χ1) is 9.10. The molecule has 4 nitrogen and oxygen atoms in total. The topological polar surface area (TPSA) is 44.4 Å². The summed E-state index contributed by atoms with van der Waals surface area (Å²) in [7, 11) is 3.66. The van der Waals surface area contributed by atoms with E-state index in [9.17, 15) is 18.0 Å². The van der Waals surface area contributed by atoms with Gasteiger partial charge in [0, 0.05) is 19.1 Å². The first kappa shape index (κ1) is 17.2. The van der Waals surface area contributed by atoms with Gasteiger partial charge in [0.2, 0.25) is 5.91 Å². The molecule has 1 rings (SSSR count). The van der Waals surface area contributed by atoms with Crippen molar-refractivity contribution in [1.82, 2.24) is 15.5 Å². The van der Waals surface area contributed by atoms with Crippen molar-refractivity contribution in [2.24, 2.45) is 11.3 Å². The van der Waals surface area contributed by atoms with Crippen LogP contribution in [-0.4, -0.2) is 56.8 Å². The number of alkyl halides is 3. The van der Waals surface area contributed by atoms with Crippen LogP contribution in [-0.2, 0) is 4.79 Å². The van der Waals surface area contributed by atoms with E-state index in [1.165, 1.54) is 0 Å². The number of carbonyl (C=O) groups is 1. The molecule has 7 heteroatoms. The molecule has 1 aliphatic heterocycles. The standard InChI is InChI=1S/C13H24F3N3O/c1-9(2)10(7-19(3)4)18-11(20)12(13(14,15)16)5-6-17-8-12/h9-10,17H,5-8H2,1-4H3,(H,18,20). The van der Waals surface area contributed by atoms with E-state index >= 15 is 0 Å². The molecule has 1 saturated heterocycles. The molecule has 2 atom stereocenters. The van der Waals surface area contributed by atoms with E-state index in [1.807, 2.05) is 32.8 Å². The van der Waals surface area contributed by atoms with E-state index in [4.69, 9.17) is 0 Å². The van der Waals surface area contributed by atoms with Gasteiger partial charge in [-0.1, -0.05) is 13.8 Å². The molecule has 0 saturated carbocycles. The Hall–Kier alpha value is -0.820. The summed E-state index contributed by atoms with van der Waals surface area (Å²) in [5, 5.41) is 5.25. The molecule has 118 valence electrons. The van der Waals surface area contributed by atoms with Gasteiger partial charge in [0.05, 0.1) is 0 Å². The smallest absolute Gasteiger partial charge is 0.351 e. The van der Waals surface area contributed by atoms with Gasteiger partial charge in [0.1, 0.15) is 0 Å². The van der Waals surface area contributed by atoms with E-state index in [2.05, 4.69) is 10.6 Å². The Balaban J connectivity index is 2.86. The highest BCUT2D eigenvalue weighted by Gasteiger charge is 2.61. The van der Waals surface area contributed by atoms with Gasteiger partial charge in [-0.05, 0) is 33.0 Å². The SMILES string of the molecule is CC(C)C(CN(C)C)NC(=O)C1(C(F)(F)F)CCNC1. The average molecular weight is 295 g/mol. The second-order valence-corrected chi connectivity index (χ2v) is 6.09. The van der Waals surface area contributed by atoms with E-state index in [0.29, 0.717) is 6.54 Å². The molecule has 0 aliphatic carbocycles. The highest BCUT2D eigenvalue weighted by atomic mass is 19.4. The van der Waals surface area contributed by atoms with Crippen LogP contribution in [0.3, 0.4) is 0 Å². The van der Waals surface area contributed by atoms with Crippen molar-refractivity contribution in [3.8, 4) is 0 Å². The maximum Gasteiger partial charge on any atom is 0.404 e. The minimum atomic E-state index is -4.53. The van der Waals surface area contributed by atoms with Crippen molar-refractivity contribution in [2.75, 3.05) is 33.7 Å². The fraction of sp³-hybridized carbons (Fsp3) is 0.923. The van der Waals surface area contributed by atoms with Crippen LogP contribution in [0.4, 0.5) is 13.2 Å². The highest BCUT2D eigenvalue weighted by Crippen LogP contribution is 2.43. The van der Waals surface area contributed by atoms with Crippen molar-refractivity contribution in [2.45, 2.75) is 32.5 Å². The molecule has 0 spiro atoms. The molecular formula is C13H24F3N3O. The molecule has 2 N–H and O–H groups in total. The minimum Gasteiger partial charge on any atom is -0.351 e. The molecule has 2 unspecified atom stereocenters. The molecular weight excluding hydrogens is 271 g/mol. The van der Waals surface area contributed by atoms with Crippen LogP contribution < -0.4 is 10.6 Å². The Morgan fingerprint density at radius 2 is 2.00 bits per heavy atom. The van der Waals surface area contributed by atoms with Crippen LogP contribution in [0, 0.1) is 11.3 Å². The predicted molar refractivity (Wildman–Crippen MR) is 71.3 cm³/mol. The molecule has 0 bridgehead atoms. The molecule has 1 amide bonds. The van der Waals surface area contributed by atoms with Crippen LogP contribution in [0.5, 0.6) is 0 Å². The zero-order valence-electron chi connectivity index (χ0n) is 12.5. The summed E-state index contributed by atoms with van der Waals surface area (Å²) in [4.78, 5) is 14.1. The van der Waals surface area contributed by atoms with Gasteiger partial charge in [-0.15, -0.1) is 0 Å². The van der Waals surface area contributed by atoms with Crippen molar-refractivity contribution in [1.29, 1.82) is 0 Å². The summed E-state index contributed by atoms with van der Waals surface area (Å²) in [5.41, 5.74) is -2.29. The summed E-state index contributed by atoms with van der Waals surface area (Å²) in [5.74, 6) is -0.837. The number of carbonyl (C=O) groups excluding carboxylic acids is 1. The fourth-order valence-corrected chi connectivity index (χ4v) is 2.38. The molecule has 0 radical (unpaired) electrons.